The fourth-order valence-corrected chi connectivity index (χ4v) is 4.25. The Balaban J connectivity index is 1.27. The van der Waals surface area contributed by atoms with Gasteiger partial charge >= 0.3 is 6.03 Å². The van der Waals surface area contributed by atoms with Crippen molar-refractivity contribution in [1.29, 1.82) is 0 Å². The molecule has 2 amide bonds. The van der Waals surface area contributed by atoms with Crippen molar-refractivity contribution in [3.63, 3.8) is 0 Å². The Hall–Kier alpha value is -2.04. The summed E-state index contributed by atoms with van der Waals surface area (Å²) in [6.07, 6.45) is 2.90. The number of aryl methyl sites for hydroxylation is 1. The molecule has 4 nitrogen and oxygen atoms in total. The van der Waals surface area contributed by atoms with Crippen molar-refractivity contribution in [2.75, 3.05) is 13.1 Å². The molecule has 2 unspecified atom stereocenters. The quantitative estimate of drug-likeness (QED) is 0.858. The highest BCUT2D eigenvalue weighted by Gasteiger charge is 2.27. The van der Waals surface area contributed by atoms with E-state index in [1.54, 1.807) is 0 Å². The van der Waals surface area contributed by atoms with Crippen LogP contribution in [0, 0.1) is 0 Å². The molecule has 0 radical (unpaired) electrons. The van der Waals surface area contributed by atoms with Crippen LogP contribution < -0.4 is 10.6 Å². The van der Waals surface area contributed by atoms with Crippen LogP contribution in [0.1, 0.15) is 35.6 Å². The number of hydrogen-bond acceptors (Lipinski definition) is 2. The number of halogens is 1. The van der Waals surface area contributed by atoms with E-state index >= 15 is 0 Å². The molecule has 1 fully saturated rings. The predicted molar refractivity (Wildman–Crippen MR) is 104 cm³/mol. The Labute approximate surface area is 159 Å². The van der Waals surface area contributed by atoms with Gasteiger partial charge in [0.2, 0.25) is 0 Å². The van der Waals surface area contributed by atoms with Crippen LogP contribution in [0.2, 0.25) is 5.02 Å². The van der Waals surface area contributed by atoms with E-state index in [1.165, 1.54) is 16.7 Å². The monoisotopic (exact) mass is 369 g/mol. The van der Waals surface area contributed by atoms with E-state index in [0.717, 1.165) is 43.9 Å². The van der Waals surface area contributed by atoms with Crippen molar-refractivity contribution in [2.45, 2.75) is 37.9 Å². The summed E-state index contributed by atoms with van der Waals surface area (Å²) in [5, 5.41) is 7.04. The Kier molecular flexibility index (Phi) is 5.14. The zero-order chi connectivity index (χ0) is 17.9. The van der Waals surface area contributed by atoms with Gasteiger partial charge in [0.1, 0.15) is 0 Å². The Bertz CT molecular complexity index is 780. The van der Waals surface area contributed by atoms with E-state index < -0.39 is 0 Å². The maximum Gasteiger partial charge on any atom is 0.315 e. The lowest BCUT2D eigenvalue weighted by molar-refractivity contribution is 0.232. The molecule has 0 bridgehead atoms. The van der Waals surface area contributed by atoms with Crippen molar-refractivity contribution in [1.82, 2.24) is 15.5 Å². The SMILES string of the molecule is O=C(NC1CCN(Cc2ccccc2)C1)NC1CCc2cc(Cl)ccc21. The molecule has 4 rings (SSSR count). The molecule has 1 aliphatic heterocycles. The smallest absolute Gasteiger partial charge is 0.315 e. The van der Waals surface area contributed by atoms with Crippen molar-refractivity contribution >= 4 is 17.6 Å². The number of urea groups is 1. The predicted octanol–water partition coefficient (Wildman–Crippen LogP) is 3.90. The molecular weight excluding hydrogens is 346 g/mol. The molecule has 2 aromatic rings. The van der Waals surface area contributed by atoms with E-state index in [1.807, 2.05) is 24.3 Å². The second-order valence-electron chi connectivity index (χ2n) is 7.26. The van der Waals surface area contributed by atoms with Gasteiger partial charge in [0.05, 0.1) is 6.04 Å². The summed E-state index contributed by atoms with van der Waals surface area (Å²) in [7, 11) is 0. The number of nitrogens with one attached hydrogen (secondary N) is 2. The van der Waals surface area contributed by atoms with E-state index in [0.29, 0.717) is 0 Å². The van der Waals surface area contributed by atoms with Gasteiger partial charge < -0.3 is 10.6 Å². The van der Waals surface area contributed by atoms with Crippen LogP contribution in [0.4, 0.5) is 4.79 Å². The summed E-state index contributed by atoms with van der Waals surface area (Å²) >= 11 is 6.06. The number of likely N-dealkylation sites (tertiary alicyclic amines) is 1. The number of amides is 2. The zero-order valence-corrected chi connectivity index (χ0v) is 15.5. The largest absolute Gasteiger partial charge is 0.334 e. The lowest BCUT2D eigenvalue weighted by Gasteiger charge is -2.19. The fraction of sp³-hybridized carbons (Fsp3) is 0.381. The van der Waals surface area contributed by atoms with Crippen LogP contribution >= 0.6 is 11.6 Å². The first-order valence-corrected chi connectivity index (χ1v) is 9.67. The Morgan fingerprint density at radius 3 is 2.81 bits per heavy atom. The summed E-state index contributed by atoms with van der Waals surface area (Å²) in [5.74, 6) is 0. The first-order chi connectivity index (χ1) is 12.7. The van der Waals surface area contributed by atoms with Crippen molar-refractivity contribution < 1.29 is 4.79 Å². The molecule has 136 valence electrons. The molecular formula is C21H24ClN3O. The number of rotatable bonds is 4. The zero-order valence-electron chi connectivity index (χ0n) is 14.7. The number of hydrogen-bond donors (Lipinski definition) is 2. The summed E-state index contributed by atoms with van der Waals surface area (Å²) in [4.78, 5) is 14.8. The van der Waals surface area contributed by atoms with Gasteiger partial charge in [-0.2, -0.15) is 0 Å². The second kappa shape index (κ2) is 7.68. The van der Waals surface area contributed by atoms with Crippen LogP contribution in [0.25, 0.3) is 0 Å². The van der Waals surface area contributed by atoms with Crippen LogP contribution in [-0.4, -0.2) is 30.1 Å². The third-order valence-corrected chi connectivity index (χ3v) is 5.58. The number of carbonyl (C=O) groups excluding carboxylic acids is 1. The van der Waals surface area contributed by atoms with Crippen LogP contribution in [0.15, 0.2) is 48.5 Å². The Morgan fingerprint density at radius 1 is 1.12 bits per heavy atom. The molecule has 2 aromatic carbocycles. The van der Waals surface area contributed by atoms with E-state index in [4.69, 9.17) is 11.6 Å². The van der Waals surface area contributed by atoms with Crippen LogP contribution in [0.5, 0.6) is 0 Å². The standard InChI is InChI=1S/C21H24ClN3O/c22-17-7-8-19-16(12-17)6-9-20(19)24-21(26)23-18-10-11-25(14-18)13-15-4-2-1-3-5-15/h1-5,7-8,12,18,20H,6,9-11,13-14H2,(H2,23,24,26). The molecule has 2 atom stereocenters. The molecule has 1 heterocycles. The van der Waals surface area contributed by atoms with Gasteiger partial charge in [-0.15, -0.1) is 0 Å². The highest BCUT2D eigenvalue weighted by Crippen LogP contribution is 2.32. The third kappa shape index (κ3) is 4.02. The van der Waals surface area contributed by atoms with Crippen LogP contribution in [-0.2, 0) is 13.0 Å². The van der Waals surface area contributed by atoms with Gasteiger partial charge in [-0.1, -0.05) is 48.0 Å². The summed E-state index contributed by atoms with van der Waals surface area (Å²) in [5.41, 5.74) is 3.76. The number of benzene rings is 2. The van der Waals surface area contributed by atoms with Gasteiger partial charge in [-0.05, 0) is 48.1 Å². The molecule has 0 spiro atoms. The molecule has 0 aromatic heterocycles. The minimum Gasteiger partial charge on any atom is -0.334 e. The molecule has 0 saturated carbocycles. The fourth-order valence-electron chi connectivity index (χ4n) is 4.06. The summed E-state index contributed by atoms with van der Waals surface area (Å²) in [6, 6.07) is 16.7. The molecule has 26 heavy (non-hydrogen) atoms. The highest BCUT2D eigenvalue weighted by molar-refractivity contribution is 6.30. The minimum absolute atomic E-state index is 0.0654. The highest BCUT2D eigenvalue weighted by atomic mass is 35.5. The number of carbonyl (C=O) groups is 1. The summed E-state index contributed by atoms with van der Waals surface area (Å²) in [6.45, 7) is 2.86. The lowest BCUT2D eigenvalue weighted by atomic mass is 10.1. The third-order valence-electron chi connectivity index (χ3n) is 5.34. The average molecular weight is 370 g/mol. The van der Waals surface area contributed by atoms with Gasteiger partial charge in [0.25, 0.3) is 0 Å². The maximum absolute atomic E-state index is 12.4. The van der Waals surface area contributed by atoms with Gasteiger partial charge in [-0.3, -0.25) is 4.90 Å². The van der Waals surface area contributed by atoms with E-state index in [-0.39, 0.29) is 18.1 Å². The first-order valence-electron chi connectivity index (χ1n) is 9.29. The topological polar surface area (TPSA) is 44.4 Å². The first kappa shape index (κ1) is 17.4. The van der Waals surface area contributed by atoms with Gasteiger partial charge in [0.15, 0.2) is 0 Å². The maximum atomic E-state index is 12.4. The molecule has 1 saturated heterocycles. The van der Waals surface area contributed by atoms with E-state index in [2.05, 4.69) is 39.8 Å². The molecule has 2 aliphatic rings. The van der Waals surface area contributed by atoms with Crippen molar-refractivity contribution in [3.8, 4) is 0 Å². The molecule has 2 N–H and O–H groups in total. The van der Waals surface area contributed by atoms with Gasteiger partial charge in [0, 0.05) is 30.7 Å². The molecule has 5 heteroatoms. The lowest BCUT2D eigenvalue weighted by Crippen LogP contribution is -2.44. The normalized spacial score (nSPS) is 22.2. The average Bonchev–Trinajstić information content (AvgIpc) is 3.22. The van der Waals surface area contributed by atoms with Crippen molar-refractivity contribution in [3.05, 3.63) is 70.2 Å². The number of nitrogens with zero attached hydrogens (tertiary/aromatic N) is 1. The van der Waals surface area contributed by atoms with Crippen molar-refractivity contribution in [2.24, 2.45) is 0 Å². The number of fused-ring (bicyclic) bond motifs is 1. The second-order valence-corrected chi connectivity index (χ2v) is 7.69. The minimum atomic E-state index is -0.0654. The Morgan fingerprint density at radius 2 is 1.96 bits per heavy atom. The van der Waals surface area contributed by atoms with Gasteiger partial charge in [-0.25, -0.2) is 4.79 Å². The van der Waals surface area contributed by atoms with E-state index in [9.17, 15) is 4.79 Å². The van der Waals surface area contributed by atoms with Crippen LogP contribution in [0.3, 0.4) is 0 Å². The molecule has 1 aliphatic carbocycles. The summed E-state index contributed by atoms with van der Waals surface area (Å²) < 4.78 is 0.